The Balaban J connectivity index is 2.06. The SMILES string of the molecule is Cc1cc(C(=O)CN2CCC2)c(C)[nH]1. The number of Topliss-reactive ketones (excluding diaryl/α,β-unsaturated/α-hetero) is 1. The van der Waals surface area contributed by atoms with Crippen molar-refractivity contribution in [3.63, 3.8) is 0 Å². The Bertz CT molecular complexity index is 350. The van der Waals surface area contributed by atoms with Gasteiger partial charge in [0, 0.05) is 17.0 Å². The van der Waals surface area contributed by atoms with Gasteiger partial charge in [0.25, 0.3) is 0 Å². The number of nitrogens with zero attached hydrogens (tertiary/aromatic N) is 1. The molecule has 1 aliphatic rings. The van der Waals surface area contributed by atoms with Crippen molar-refractivity contribution in [2.45, 2.75) is 20.3 Å². The van der Waals surface area contributed by atoms with Crippen molar-refractivity contribution in [2.24, 2.45) is 0 Å². The number of aryl methyl sites for hydroxylation is 2. The van der Waals surface area contributed by atoms with Gasteiger partial charge in [-0.15, -0.1) is 0 Å². The van der Waals surface area contributed by atoms with E-state index in [1.807, 2.05) is 19.9 Å². The first-order valence-corrected chi connectivity index (χ1v) is 5.08. The van der Waals surface area contributed by atoms with E-state index < -0.39 is 0 Å². The van der Waals surface area contributed by atoms with Gasteiger partial charge in [-0.1, -0.05) is 0 Å². The zero-order valence-corrected chi connectivity index (χ0v) is 8.76. The van der Waals surface area contributed by atoms with Crippen LogP contribution < -0.4 is 0 Å². The number of ketones is 1. The molecular formula is C11H16N2O. The van der Waals surface area contributed by atoms with E-state index in [4.69, 9.17) is 0 Å². The van der Waals surface area contributed by atoms with Crippen LogP contribution in [-0.4, -0.2) is 35.3 Å². The summed E-state index contributed by atoms with van der Waals surface area (Å²) in [6.45, 7) is 6.67. The van der Waals surface area contributed by atoms with Gasteiger partial charge in [-0.2, -0.15) is 0 Å². The molecule has 0 bridgehead atoms. The number of H-pyrrole nitrogens is 1. The number of hydrogen-bond donors (Lipinski definition) is 1. The molecule has 0 aliphatic carbocycles. The van der Waals surface area contributed by atoms with E-state index >= 15 is 0 Å². The summed E-state index contributed by atoms with van der Waals surface area (Å²) >= 11 is 0. The lowest BCUT2D eigenvalue weighted by molar-refractivity contribution is 0.0875. The van der Waals surface area contributed by atoms with Gasteiger partial charge in [0.15, 0.2) is 5.78 Å². The largest absolute Gasteiger partial charge is 0.362 e. The number of aromatic amines is 1. The van der Waals surface area contributed by atoms with Crippen LogP contribution in [-0.2, 0) is 0 Å². The van der Waals surface area contributed by atoms with Crippen LogP contribution in [0.2, 0.25) is 0 Å². The molecule has 1 aromatic heterocycles. The van der Waals surface area contributed by atoms with Gasteiger partial charge in [0.05, 0.1) is 6.54 Å². The van der Waals surface area contributed by atoms with E-state index in [-0.39, 0.29) is 5.78 Å². The summed E-state index contributed by atoms with van der Waals surface area (Å²) in [4.78, 5) is 17.2. The molecule has 0 atom stereocenters. The minimum absolute atomic E-state index is 0.242. The minimum Gasteiger partial charge on any atom is -0.362 e. The molecule has 1 N–H and O–H groups in total. The molecule has 3 nitrogen and oxygen atoms in total. The molecule has 1 aliphatic heterocycles. The molecule has 1 saturated heterocycles. The third-order valence-corrected chi connectivity index (χ3v) is 2.77. The summed E-state index contributed by atoms with van der Waals surface area (Å²) in [6.07, 6.45) is 1.23. The average Bonchev–Trinajstić information content (AvgIpc) is 2.37. The number of nitrogens with one attached hydrogen (secondary N) is 1. The Morgan fingerprint density at radius 1 is 1.50 bits per heavy atom. The Morgan fingerprint density at radius 3 is 2.64 bits per heavy atom. The van der Waals surface area contributed by atoms with Crippen molar-refractivity contribution >= 4 is 5.78 Å². The van der Waals surface area contributed by atoms with Crippen molar-refractivity contribution < 1.29 is 4.79 Å². The first-order valence-electron chi connectivity index (χ1n) is 5.08. The Kier molecular flexibility index (Phi) is 2.42. The number of hydrogen-bond acceptors (Lipinski definition) is 2. The lowest BCUT2D eigenvalue weighted by Crippen LogP contribution is -2.40. The molecule has 0 aromatic carbocycles. The summed E-state index contributed by atoms with van der Waals surface area (Å²) in [5, 5.41) is 0. The smallest absolute Gasteiger partial charge is 0.178 e. The van der Waals surface area contributed by atoms with Crippen LogP contribution in [0.25, 0.3) is 0 Å². The van der Waals surface area contributed by atoms with Gasteiger partial charge in [-0.05, 0) is 39.4 Å². The van der Waals surface area contributed by atoms with E-state index in [2.05, 4.69) is 9.88 Å². The molecule has 0 amide bonds. The molecule has 0 spiro atoms. The summed E-state index contributed by atoms with van der Waals surface area (Å²) in [6, 6.07) is 1.94. The fourth-order valence-electron chi connectivity index (χ4n) is 1.84. The number of carbonyl (C=O) groups is 1. The fraction of sp³-hybridized carbons (Fsp3) is 0.545. The lowest BCUT2D eigenvalue weighted by atomic mass is 10.1. The van der Waals surface area contributed by atoms with Gasteiger partial charge in [0.1, 0.15) is 0 Å². The van der Waals surface area contributed by atoms with Crippen molar-refractivity contribution in [1.29, 1.82) is 0 Å². The van der Waals surface area contributed by atoms with Crippen LogP contribution in [0.4, 0.5) is 0 Å². The molecule has 76 valence electrons. The summed E-state index contributed by atoms with van der Waals surface area (Å²) in [5.74, 6) is 0.242. The van der Waals surface area contributed by atoms with Crippen LogP contribution in [0.5, 0.6) is 0 Å². The van der Waals surface area contributed by atoms with Gasteiger partial charge in [-0.25, -0.2) is 0 Å². The Labute approximate surface area is 84.1 Å². The van der Waals surface area contributed by atoms with E-state index in [9.17, 15) is 4.79 Å². The van der Waals surface area contributed by atoms with Crippen LogP contribution in [0.15, 0.2) is 6.07 Å². The highest BCUT2D eigenvalue weighted by Crippen LogP contribution is 2.13. The summed E-state index contributed by atoms with van der Waals surface area (Å²) in [7, 11) is 0. The quantitative estimate of drug-likeness (QED) is 0.737. The highest BCUT2D eigenvalue weighted by Gasteiger charge is 2.19. The predicted octanol–water partition coefficient (Wildman–Crippen LogP) is 1.52. The predicted molar refractivity (Wildman–Crippen MR) is 55.7 cm³/mol. The lowest BCUT2D eigenvalue weighted by Gasteiger charge is -2.29. The Morgan fingerprint density at radius 2 is 2.21 bits per heavy atom. The molecule has 14 heavy (non-hydrogen) atoms. The third kappa shape index (κ3) is 1.73. The molecule has 0 radical (unpaired) electrons. The van der Waals surface area contributed by atoms with Gasteiger partial charge in [0.2, 0.25) is 0 Å². The molecule has 2 heterocycles. The molecule has 1 fully saturated rings. The average molecular weight is 192 g/mol. The molecule has 3 heteroatoms. The second-order valence-electron chi connectivity index (χ2n) is 4.04. The van der Waals surface area contributed by atoms with Crippen molar-refractivity contribution in [3.8, 4) is 0 Å². The maximum Gasteiger partial charge on any atom is 0.178 e. The zero-order valence-electron chi connectivity index (χ0n) is 8.76. The number of carbonyl (C=O) groups excluding carboxylic acids is 1. The standard InChI is InChI=1S/C11H16N2O/c1-8-6-10(9(2)12-8)11(14)7-13-4-3-5-13/h6,12H,3-5,7H2,1-2H3. The number of rotatable bonds is 3. The highest BCUT2D eigenvalue weighted by molar-refractivity contribution is 5.98. The highest BCUT2D eigenvalue weighted by atomic mass is 16.1. The zero-order chi connectivity index (χ0) is 10.1. The Hall–Kier alpha value is -1.09. The maximum atomic E-state index is 11.8. The third-order valence-electron chi connectivity index (χ3n) is 2.77. The van der Waals surface area contributed by atoms with Crippen LogP contribution >= 0.6 is 0 Å². The number of aromatic nitrogens is 1. The maximum absolute atomic E-state index is 11.8. The monoisotopic (exact) mass is 192 g/mol. The van der Waals surface area contributed by atoms with E-state index in [0.29, 0.717) is 6.54 Å². The second-order valence-corrected chi connectivity index (χ2v) is 4.04. The fourth-order valence-corrected chi connectivity index (χ4v) is 1.84. The van der Waals surface area contributed by atoms with Crippen molar-refractivity contribution in [3.05, 3.63) is 23.0 Å². The van der Waals surface area contributed by atoms with Crippen molar-refractivity contribution in [1.82, 2.24) is 9.88 Å². The van der Waals surface area contributed by atoms with Crippen LogP contribution in [0, 0.1) is 13.8 Å². The summed E-state index contributed by atoms with van der Waals surface area (Å²) in [5.41, 5.74) is 2.91. The van der Waals surface area contributed by atoms with Gasteiger partial charge >= 0.3 is 0 Å². The topological polar surface area (TPSA) is 36.1 Å². The molecular weight excluding hydrogens is 176 g/mol. The second kappa shape index (κ2) is 3.58. The van der Waals surface area contributed by atoms with E-state index in [0.717, 1.165) is 30.0 Å². The molecule has 0 saturated carbocycles. The minimum atomic E-state index is 0.242. The normalized spacial score (nSPS) is 16.7. The van der Waals surface area contributed by atoms with Gasteiger partial charge < -0.3 is 4.98 Å². The molecule has 2 rings (SSSR count). The molecule has 1 aromatic rings. The van der Waals surface area contributed by atoms with E-state index in [1.165, 1.54) is 6.42 Å². The first kappa shape index (κ1) is 9.46. The van der Waals surface area contributed by atoms with Crippen LogP contribution in [0.1, 0.15) is 28.2 Å². The van der Waals surface area contributed by atoms with Gasteiger partial charge in [-0.3, -0.25) is 9.69 Å². The first-order chi connectivity index (χ1) is 6.66. The van der Waals surface area contributed by atoms with E-state index in [1.54, 1.807) is 0 Å². The molecule has 0 unspecified atom stereocenters. The number of likely N-dealkylation sites (tertiary alicyclic amines) is 1. The van der Waals surface area contributed by atoms with Crippen molar-refractivity contribution in [2.75, 3.05) is 19.6 Å². The van der Waals surface area contributed by atoms with Crippen LogP contribution in [0.3, 0.4) is 0 Å². The summed E-state index contributed by atoms with van der Waals surface area (Å²) < 4.78 is 0.